The predicted octanol–water partition coefficient (Wildman–Crippen LogP) is 2.36. The fraction of sp³-hybridized carbons (Fsp3) is 0.500. The molecule has 0 spiro atoms. The first kappa shape index (κ1) is 13.3. The lowest BCUT2D eigenvalue weighted by atomic mass is 9.64. The van der Waals surface area contributed by atoms with E-state index in [9.17, 15) is 13.2 Å². The summed E-state index contributed by atoms with van der Waals surface area (Å²) in [6.45, 7) is 1.53. The lowest BCUT2D eigenvalue weighted by Crippen LogP contribution is -2.41. The smallest absolute Gasteiger partial charge is 0.160 e. The van der Waals surface area contributed by atoms with Crippen LogP contribution in [0.15, 0.2) is 24.3 Å². The lowest BCUT2D eigenvalue weighted by Gasteiger charge is -2.42. The van der Waals surface area contributed by atoms with Crippen molar-refractivity contribution in [3.8, 4) is 0 Å². The topological polar surface area (TPSA) is 51.2 Å². The summed E-state index contributed by atoms with van der Waals surface area (Å²) in [5.41, 5.74) is 1.24. The Morgan fingerprint density at radius 3 is 2.33 bits per heavy atom. The van der Waals surface area contributed by atoms with Crippen molar-refractivity contribution in [3.63, 3.8) is 0 Å². The van der Waals surface area contributed by atoms with Gasteiger partial charge in [0.05, 0.1) is 5.75 Å². The molecule has 1 aromatic carbocycles. The number of benzene rings is 1. The van der Waals surface area contributed by atoms with Gasteiger partial charge in [0.1, 0.15) is 9.84 Å². The van der Waals surface area contributed by atoms with E-state index in [2.05, 4.69) is 0 Å². The highest BCUT2D eigenvalue weighted by Gasteiger charge is 2.42. The van der Waals surface area contributed by atoms with E-state index in [1.807, 2.05) is 18.2 Å². The molecular weight excluding hydrogens is 248 g/mol. The third-order valence-corrected chi connectivity index (χ3v) is 4.80. The van der Waals surface area contributed by atoms with Crippen molar-refractivity contribution in [2.45, 2.75) is 31.6 Å². The van der Waals surface area contributed by atoms with Gasteiger partial charge < -0.3 is 0 Å². The number of hydrogen-bond donors (Lipinski definition) is 0. The quantitative estimate of drug-likeness (QED) is 0.786. The SMILES string of the molecule is CC(=O)c1ccccc1C1(CS(C)(=O)=O)CCC1. The molecule has 3 nitrogen and oxygen atoms in total. The Kier molecular flexibility index (Phi) is 3.32. The molecule has 0 unspecified atom stereocenters. The van der Waals surface area contributed by atoms with Crippen LogP contribution in [0.2, 0.25) is 0 Å². The third kappa shape index (κ3) is 2.48. The summed E-state index contributed by atoms with van der Waals surface area (Å²) in [5, 5.41) is 0. The molecule has 1 aromatic rings. The molecule has 1 fully saturated rings. The summed E-state index contributed by atoms with van der Waals surface area (Å²) >= 11 is 0. The molecule has 98 valence electrons. The lowest BCUT2D eigenvalue weighted by molar-refractivity contribution is 0.101. The van der Waals surface area contributed by atoms with Crippen LogP contribution in [-0.2, 0) is 15.3 Å². The highest BCUT2D eigenvalue weighted by molar-refractivity contribution is 7.90. The summed E-state index contributed by atoms with van der Waals surface area (Å²) in [4.78, 5) is 11.7. The summed E-state index contributed by atoms with van der Waals surface area (Å²) in [5.74, 6) is 0.148. The van der Waals surface area contributed by atoms with Crippen LogP contribution in [0, 0.1) is 0 Å². The van der Waals surface area contributed by atoms with Gasteiger partial charge in [0.15, 0.2) is 5.78 Å². The van der Waals surface area contributed by atoms with Crippen LogP contribution in [0.25, 0.3) is 0 Å². The Bertz CT molecular complexity index is 568. The molecule has 2 rings (SSSR count). The maximum Gasteiger partial charge on any atom is 0.160 e. The maximum absolute atomic E-state index is 11.7. The Hall–Kier alpha value is -1.16. The molecule has 1 saturated carbocycles. The predicted molar refractivity (Wildman–Crippen MR) is 71.7 cm³/mol. The zero-order valence-corrected chi connectivity index (χ0v) is 11.6. The molecule has 18 heavy (non-hydrogen) atoms. The summed E-state index contributed by atoms with van der Waals surface area (Å²) in [7, 11) is -3.04. The van der Waals surface area contributed by atoms with Gasteiger partial charge in [0, 0.05) is 17.2 Å². The minimum absolute atomic E-state index is 0.00498. The van der Waals surface area contributed by atoms with E-state index < -0.39 is 9.84 Å². The first-order valence-electron chi connectivity index (χ1n) is 6.12. The van der Waals surface area contributed by atoms with E-state index in [1.165, 1.54) is 13.2 Å². The van der Waals surface area contributed by atoms with Crippen LogP contribution in [0.1, 0.15) is 42.1 Å². The molecule has 0 aliphatic heterocycles. The number of hydrogen-bond acceptors (Lipinski definition) is 3. The minimum Gasteiger partial charge on any atom is -0.295 e. The highest BCUT2D eigenvalue weighted by Crippen LogP contribution is 2.46. The number of rotatable bonds is 4. The van der Waals surface area contributed by atoms with E-state index in [0.717, 1.165) is 24.8 Å². The van der Waals surface area contributed by atoms with Gasteiger partial charge in [-0.15, -0.1) is 0 Å². The minimum atomic E-state index is -3.04. The van der Waals surface area contributed by atoms with Gasteiger partial charge in [0.25, 0.3) is 0 Å². The number of carbonyl (C=O) groups excluding carboxylic acids is 1. The van der Waals surface area contributed by atoms with E-state index in [4.69, 9.17) is 0 Å². The fourth-order valence-electron chi connectivity index (χ4n) is 2.85. The van der Waals surface area contributed by atoms with Crippen molar-refractivity contribution >= 4 is 15.6 Å². The van der Waals surface area contributed by atoms with Crippen LogP contribution in [-0.4, -0.2) is 26.2 Å². The second-order valence-corrected chi connectivity index (χ2v) is 7.45. The zero-order chi connectivity index (χ0) is 13.4. The van der Waals surface area contributed by atoms with Gasteiger partial charge >= 0.3 is 0 Å². The molecule has 0 heterocycles. The van der Waals surface area contributed by atoms with Crippen molar-refractivity contribution in [1.29, 1.82) is 0 Å². The standard InChI is InChI=1S/C14H18O3S/c1-11(15)12-6-3-4-7-13(12)14(8-5-9-14)10-18(2,16)17/h3-4,6-7H,5,8-10H2,1-2H3. The average Bonchev–Trinajstić information content (AvgIpc) is 2.22. The molecule has 1 aliphatic rings. The molecule has 0 saturated heterocycles. The molecule has 0 atom stereocenters. The first-order chi connectivity index (χ1) is 8.34. The van der Waals surface area contributed by atoms with E-state index in [1.54, 1.807) is 6.07 Å². The Labute approximate surface area is 108 Å². The van der Waals surface area contributed by atoms with Crippen LogP contribution in [0.4, 0.5) is 0 Å². The molecule has 0 amide bonds. The number of carbonyl (C=O) groups is 1. The highest BCUT2D eigenvalue weighted by atomic mass is 32.2. The van der Waals surface area contributed by atoms with Crippen molar-refractivity contribution in [2.75, 3.05) is 12.0 Å². The maximum atomic E-state index is 11.7. The number of Topliss-reactive ketones (excluding diaryl/α,β-unsaturated/α-hetero) is 1. The molecule has 0 N–H and O–H groups in total. The third-order valence-electron chi connectivity index (χ3n) is 3.73. The summed E-state index contributed by atoms with van der Waals surface area (Å²) in [6, 6.07) is 7.40. The van der Waals surface area contributed by atoms with Crippen LogP contribution < -0.4 is 0 Å². The van der Waals surface area contributed by atoms with Gasteiger partial charge in [-0.05, 0) is 25.3 Å². The van der Waals surface area contributed by atoms with Crippen LogP contribution in [0.3, 0.4) is 0 Å². The van der Waals surface area contributed by atoms with Gasteiger partial charge in [-0.3, -0.25) is 4.79 Å². The van der Waals surface area contributed by atoms with Crippen molar-refractivity contribution < 1.29 is 13.2 Å². The van der Waals surface area contributed by atoms with E-state index >= 15 is 0 Å². The molecule has 0 radical (unpaired) electrons. The van der Waals surface area contributed by atoms with E-state index in [0.29, 0.717) is 5.56 Å². The molecule has 0 aromatic heterocycles. The van der Waals surface area contributed by atoms with Crippen molar-refractivity contribution in [2.24, 2.45) is 0 Å². The Morgan fingerprint density at radius 1 is 1.28 bits per heavy atom. The summed E-state index contributed by atoms with van der Waals surface area (Å²) in [6.07, 6.45) is 4.00. The Morgan fingerprint density at radius 2 is 1.89 bits per heavy atom. The van der Waals surface area contributed by atoms with Gasteiger partial charge in [-0.2, -0.15) is 0 Å². The Balaban J connectivity index is 2.48. The number of sulfone groups is 1. The second kappa shape index (κ2) is 4.50. The van der Waals surface area contributed by atoms with Crippen LogP contribution in [0.5, 0.6) is 0 Å². The average molecular weight is 266 g/mol. The normalized spacial score (nSPS) is 18.1. The monoisotopic (exact) mass is 266 g/mol. The molecule has 0 bridgehead atoms. The number of ketones is 1. The molecule has 4 heteroatoms. The van der Waals surface area contributed by atoms with Crippen LogP contribution >= 0.6 is 0 Å². The second-order valence-electron chi connectivity index (χ2n) is 5.31. The van der Waals surface area contributed by atoms with Gasteiger partial charge in [-0.1, -0.05) is 30.7 Å². The summed E-state index contributed by atoms with van der Waals surface area (Å²) < 4.78 is 23.2. The van der Waals surface area contributed by atoms with Crippen molar-refractivity contribution in [3.05, 3.63) is 35.4 Å². The zero-order valence-electron chi connectivity index (χ0n) is 10.8. The van der Waals surface area contributed by atoms with Crippen molar-refractivity contribution in [1.82, 2.24) is 0 Å². The fourth-order valence-corrected chi connectivity index (χ4v) is 4.30. The van der Waals surface area contributed by atoms with Gasteiger partial charge in [0.2, 0.25) is 0 Å². The van der Waals surface area contributed by atoms with Gasteiger partial charge in [-0.25, -0.2) is 8.42 Å². The first-order valence-corrected chi connectivity index (χ1v) is 8.18. The molecular formula is C14H18O3S. The van der Waals surface area contributed by atoms with E-state index in [-0.39, 0.29) is 17.0 Å². The largest absolute Gasteiger partial charge is 0.295 e. The molecule has 1 aliphatic carbocycles.